The Bertz CT molecular complexity index is 556. The van der Waals surface area contributed by atoms with Gasteiger partial charge in [-0.3, -0.25) is 0 Å². The first-order chi connectivity index (χ1) is 9.10. The first kappa shape index (κ1) is 13.8. The minimum Gasteiger partial charge on any atom is -0.466 e. The van der Waals surface area contributed by atoms with Crippen LogP contribution >= 0.6 is 0 Å². The standard InChI is InChI=1S/C14H22N4O/c1-6-7-18-12(8-16-17-18)14(15-5)13-9(2)10(3)19-11(13)4/h8,14-15H,6-7H2,1-5H3. The van der Waals surface area contributed by atoms with Gasteiger partial charge in [0.05, 0.1) is 17.9 Å². The van der Waals surface area contributed by atoms with E-state index in [0.29, 0.717) is 0 Å². The van der Waals surface area contributed by atoms with Crippen LogP contribution in [0.4, 0.5) is 0 Å². The molecule has 0 saturated heterocycles. The molecule has 0 fully saturated rings. The number of nitrogens with zero attached hydrogens (tertiary/aromatic N) is 3. The van der Waals surface area contributed by atoms with Crippen LogP contribution in [0.15, 0.2) is 10.6 Å². The van der Waals surface area contributed by atoms with E-state index >= 15 is 0 Å². The van der Waals surface area contributed by atoms with Crippen molar-refractivity contribution < 1.29 is 4.42 Å². The van der Waals surface area contributed by atoms with Crippen LogP contribution < -0.4 is 5.32 Å². The molecule has 0 spiro atoms. The van der Waals surface area contributed by atoms with Gasteiger partial charge >= 0.3 is 0 Å². The smallest absolute Gasteiger partial charge is 0.106 e. The maximum Gasteiger partial charge on any atom is 0.106 e. The molecule has 1 atom stereocenters. The maximum atomic E-state index is 5.74. The minimum absolute atomic E-state index is 0.0685. The molecule has 2 heterocycles. The summed E-state index contributed by atoms with van der Waals surface area (Å²) in [5, 5.41) is 11.6. The van der Waals surface area contributed by atoms with E-state index in [1.54, 1.807) is 0 Å². The highest BCUT2D eigenvalue weighted by Crippen LogP contribution is 2.30. The van der Waals surface area contributed by atoms with Crippen LogP contribution in [0.1, 0.15) is 47.7 Å². The van der Waals surface area contributed by atoms with Gasteiger partial charge in [-0.2, -0.15) is 0 Å². The van der Waals surface area contributed by atoms with Crippen LogP contribution in [0.2, 0.25) is 0 Å². The Hall–Kier alpha value is -1.62. The Balaban J connectivity index is 2.47. The van der Waals surface area contributed by atoms with E-state index in [9.17, 15) is 0 Å². The summed E-state index contributed by atoms with van der Waals surface area (Å²) in [7, 11) is 1.95. The van der Waals surface area contributed by atoms with Crippen molar-refractivity contribution in [2.45, 2.75) is 46.7 Å². The number of rotatable bonds is 5. The molecule has 5 heteroatoms. The zero-order valence-electron chi connectivity index (χ0n) is 12.3. The predicted octanol–water partition coefficient (Wildman–Crippen LogP) is 2.52. The topological polar surface area (TPSA) is 55.9 Å². The number of furan rings is 1. The monoisotopic (exact) mass is 262 g/mol. The van der Waals surface area contributed by atoms with Gasteiger partial charge in [-0.15, -0.1) is 5.10 Å². The Labute approximate surface area is 114 Å². The molecule has 0 aliphatic rings. The van der Waals surface area contributed by atoms with Gasteiger partial charge in [-0.1, -0.05) is 12.1 Å². The maximum absolute atomic E-state index is 5.74. The Morgan fingerprint density at radius 1 is 1.32 bits per heavy atom. The highest BCUT2D eigenvalue weighted by atomic mass is 16.3. The summed E-state index contributed by atoms with van der Waals surface area (Å²) in [4.78, 5) is 0. The molecule has 2 rings (SSSR count). The molecule has 0 aromatic carbocycles. The molecule has 0 bridgehead atoms. The van der Waals surface area contributed by atoms with Crippen LogP contribution in [-0.2, 0) is 6.54 Å². The van der Waals surface area contributed by atoms with Gasteiger partial charge in [0.1, 0.15) is 11.5 Å². The lowest BCUT2D eigenvalue weighted by atomic mass is 10.00. The van der Waals surface area contributed by atoms with Crippen molar-refractivity contribution in [1.82, 2.24) is 20.3 Å². The van der Waals surface area contributed by atoms with E-state index < -0.39 is 0 Å². The normalized spacial score (nSPS) is 12.9. The summed E-state index contributed by atoms with van der Waals surface area (Å²) >= 11 is 0. The zero-order chi connectivity index (χ0) is 14.0. The largest absolute Gasteiger partial charge is 0.466 e. The van der Waals surface area contributed by atoms with E-state index in [2.05, 4.69) is 29.5 Å². The molecule has 5 nitrogen and oxygen atoms in total. The fraction of sp³-hybridized carbons (Fsp3) is 0.571. The lowest BCUT2D eigenvalue weighted by Gasteiger charge is -2.17. The third kappa shape index (κ3) is 2.42. The Morgan fingerprint density at radius 3 is 2.58 bits per heavy atom. The molecular formula is C14H22N4O. The Kier molecular flexibility index (Phi) is 4.04. The van der Waals surface area contributed by atoms with Crippen molar-refractivity contribution in [2.75, 3.05) is 7.05 Å². The van der Waals surface area contributed by atoms with Gasteiger partial charge in [0.25, 0.3) is 0 Å². The summed E-state index contributed by atoms with van der Waals surface area (Å²) in [6.07, 6.45) is 2.87. The lowest BCUT2D eigenvalue weighted by Crippen LogP contribution is -2.22. The quantitative estimate of drug-likeness (QED) is 0.899. The molecule has 1 unspecified atom stereocenters. The molecule has 19 heavy (non-hydrogen) atoms. The predicted molar refractivity (Wildman–Crippen MR) is 74.1 cm³/mol. The van der Waals surface area contributed by atoms with Crippen LogP contribution in [0.3, 0.4) is 0 Å². The second kappa shape index (κ2) is 5.57. The minimum atomic E-state index is 0.0685. The van der Waals surface area contributed by atoms with E-state index in [-0.39, 0.29) is 6.04 Å². The fourth-order valence-corrected chi connectivity index (χ4v) is 2.55. The molecule has 0 saturated carbocycles. The van der Waals surface area contributed by atoms with Gasteiger partial charge in [0, 0.05) is 12.1 Å². The van der Waals surface area contributed by atoms with E-state index in [1.807, 2.05) is 31.8 Å². The van der Waals surface area contributed by atoms with Gasteiger partial charge in [-0.25, -0.2) is 4.68 Å². The van der Waals surface area contributed by atoms with Gasteiger partial charge < -0.3 is 9.73 Å². The van der Waals surface area contributed by atoms with Crippen LogP contribution in [0.25, 0.3) is 0 Å². The molecule has 0 amide bonds. The molecule has 2 aromatic heterocycles. The first-order valence-electron chi connectivity index (χ1n) is 6.72. The summed E-state index contributed by atoms with van der Waals surface area (Å²) in [6, 6.07) is 0.0685. The number of hydrogen-bond acceptors (Lipinski definition) is 4. The second-order valence-corrected chi connectivity index (χ2v) is 4.86. The van der Waals surface area contributed by atoms with E-state index in [0.717, 1.165) is 30.2 Å². The van der Waals surface area contributed by atoms with Crippen LogP contribution in [-0.4, -0.2) is 22.0 Å². The summed E-state index contributed by atoms with van der Waals surface area (Å²) in [6.45, 7) is 9.12. The van der Waals surface area contributed by atoms with Crippen molar-refractivity contribution in [2.24, 2.45) is 0 Å². The van der Waals surface area contributed by atoms with Crippen LogP contribution in [0, 0.1) is 20.8 Å². The molecule has 2 aromatic rings. The number of nitrogens with one attached hydrogen (secondary N) is 1. The summed E-state index contributed by atoms with van der Waals surface area (Å²) in [5.41, 5.74) is 3.47. The fourth-order valence-electron chi connectivity index (χ4n) is 2.55. The zero-order valence-corrected chi connectivity index (χ0v) is 12.3. The van der Waals surface area contributed by atoms with E-state index in [4.69, 9.17) is 4.42 Å². The molecule has 104 valence electrons. The number of hydrogen-bond donors (Lipinski definition) is 1. The third-order valence-corrected chi connectivity index (χ3v) is 3.57. The van der Waals surface area contributed by atoms with Gasteiger partial charge in [0.2, 0.25) is 0 Å². The average molecular weight is 262 g/mol. The van der Waals surface area contributed by atoms with Gasteiger partial charge in [-0.05, 0) is 39.8 Å². The van der Waals surface area contributed by atoms with Crippen molar-refractivity contribution >= 4 is 0 Å². The molecule has 0 radical (unpaired) electrons. The molecule has 0 aliphatic heterocycles. The highest BCUT2D eigenvalue weighted by Gasteiger charge is 2.24. The van der Waals surface area contributed by atoms with E-state index in [1.165, 1.54) is 11.1 Å². The SMILES string of the molecule is CCCn1nncc1C(NC)c1c(C)oc(C)c1C. The summed E-state index contributed by atoms with van der Waals surface area (Å²) in [5.74, 6) is 1.93. The highest BCUT2D eigenvalue weighted by molar-refractivity contribution is 5.38. The molecule has 1 N–H and O–H groups in total. The van der Waals surface area contributed by atoms with Crippen LogP contribution in [0.5, 0.6) is 0 Å². The lowest BCUT2D eigenvalue weighted by molar-refractivity contribution is 0.488. The van der Waals surface area contributed by atoms with Crippen molar-refractivity contribution in [3.05, 3.63) is 34.5 Å². The van der Waals surface area contributed by atoms with Crippen molar-refractivity contribution in [1.29, 1.82) is 0 Å². The summed E-state index contributed by atoms with van der Waals surface area (Å²) < 4.78 is 7.70. The molecular weight excluding hydrogens is 240 g/mol. The van der Waals surface area contributed by atoms with Gasteiger partial charge in [0.15, 0.2) is 0 Å². The second-order valence-electron chi connectivity index (χ2n) is 4.86. The average Bonchev–Trinajstić information content (AvgIpc) is 2.91. The molecule has 0 aliphatic carbocycles. The van der Waals surface area contributed by atoms with Crippen molar-refractivity contribution in [3.63, 3.8) is 0 Å². The Morgan fingerprint density at radius 2 is 2.05 bits per heavy atom. The number of aryl methyl sites for hydroxylation is 3. The number of aromatic nitrogens is 3. The first-order valence-corrected chi connectivity index (χ1v) is 6.72. The van der Waals surface area contributed by atoms with Crippen molar-refractivity contribution in [3.8, 4) is 0 Å². The third-order valence-electron chi connectivity index (χ3n) is 3.57.